The SMILES string of the molecule is CC1(C)N=C(c2cccc(N3CCC3)c2)c2ccc(C(F)(F)F)cc2O1. The van der Waals surface area contributed by atoms with Crippen LogP contribution in [0.4, 0.5) is 18.9 Å². The molecule has 0 bridgehead atoms. The van der Waals surface area contributed by atoms with Crippen LogP contribution in [0.5, 0.6) is 5.75 Å². The summed E-state index contributed by atoms with van der Waals surface area (Å²) in [7, 11) is 0. The summed E-state index contributed by atoms with van der Waals surface area (Å²) in [6.45, 7) is 5.54. The van der Waals surface area contributed by atoms with Crippen molar-refractivity contribution in [1.82, 2.24) is 0 Å². The fraction of sp³-hybridized carbons (Fsp3) is 0.350. The molecule has 0 N–H and O–H groups in total. The predicted octanol–water partition coefficient (Wildman–Crippen LogP) is 4.88. The molecule has 1 fully saturated rings. The summed E-state index contributed by atoms with van der Waals surface area (Å²) in [6, 6.07) is 11.6. The smallest absolute Gasteiger partial charge is 0.416 e. The molecule has 0 radical (unpaired) electrons. The van der Waals surface area contributed by atoms with Gasteiger partial charge < -0.3 is 9.64 Å². The van der Waals surface area contributed by atoms with Crippen molar-refractivity contribution >= 4 is 11.4 Å². The normalized spacial score (nSPS) is 18.5. The van der Waals surface area contributed by atoms with Gasteiger partial charge in [0.2, 0.25) is 0 Å². The molecule has 0 saturated carbocycles. The van der Waals surface area contributed by atoms with Crippen LogP contribution in [0, 0.1) is 0 Å². The molecule has 0 spiro atoms. The molecule has 0 aliphatic carbocycles. The number of rotatable bonds is 2. The number of ether oxygens (including phenoxy) is 1. The number of alkyl halides is 3. The van der Waals surface area contributed by atoms with E-state index in [4.69, 9.17) is 4.74 Å². The molecule has 0 amide bonds. The molecule has 0 aromatic heterocycles. The molecule has 1 saturated heterocycles. The minimum Gasteiger partial charge on any atom is -0.466 e. The van der Waals surface area contributed by atoms with Gasteiger partial charge in [-0.2, -0.15) is 13.2 Å². The maximum absolute atomic E-state index is 13.1. The molecule has 26 heavy (non-hydrogen) atoms. The van der Waals surface area contributed by atoms with Gasteiger partial charge in [0.25, 0.3) is 0 Å². The standard InChI is InChI=1S/C20H19F3N2O/c1-19(2)24-18(13-5-3-6-15(11-13)25-9-4-10-25)16-8-7-14(20(21,22)23)12-17(16)26-19/h3,5-8,11-12H,4,9-10H2,1-2H3. The number of benzene rings is 2. The van der Waals surface area contributed by atoms with E-state index in [-0.39, 0.29) is 5.75 Å². The molecule has 2 aliphatic rings. The number of nitrogens with zero attached hydrogens (tertiary/aromatic N) is 2. The zero-order chi connectivity index (χ0) is 18.5. The van der Waals surface area contributed by atoms with E-state index in [1.165, 1.54) is 12.5 Å². The largest absolute Gasteiger partial charge is 0.466 e. The summed E-state index contributed by atoms with van der Waals surface area (Å²) < 4.78 is 44.9. The van der Waals surface area contributed by atoms with Crippen molar-refractivity contribution in [3.05, 3.63) is 59.2 Å². The summed E-state index contributed by atoms with van der Waals surface area (Å²) in [5.74, 6) is 0.212. The van der Waals surface area contributed by atoms with Crippen LogP contribution in [0.2, 0.25) is 0 Å². The highest BCUT2D eigenvalue weighted by Gasteiger charge is 2.35. The molecule has 2 aromatic rings. The molecular weight excluding hydrogens is 341 g/mol. The van der Waals surface area contributed by atoms with Gasteiger partial charge in [-0.05, 0) is 50.6 Å². The van der Waals surface area contributed by atoms with Gasteiger partial charge in [-0.1, -0.05) is 12.1 Å². The first-order valence-corrected chi connectivity index (χ1v) is 8.59. The third-order valence-corrected chi connectivity index (χ3v) is 4.65. The highest BCUT2D eigenvalue weighted by Crippen LogP contribution is 2.38. The van der Waals surface area contributed by atoms with Crippen LogP contribution in [0.25, 0.3) is 0 Å². The fourth-order valence-corrected chi connectivity index (χ4v) is 3.24. The van der Waals surface area contributed by atoms with E-state index in [2.05, 4.69) is 9.89 Å². The van der Waals surface area contributed by atoms with Crippen LogP contribution in [0.1, 0.15) is 37.0 Å². The lowest BCUT2D eigenvalue weighted by Crippen LogP contribution is -2.37. The molecule has 2 heterocycles. The van der Waals surface area contributed by atoms with Crippen LogP contribution in [0.3, 0.4) is 0 Å². The minimum absolute atomic E-state index is 0.212. The second-order valence-electron chi connectivity index (χ2n) is 7.11. The number of aliphatic imine (C=N–C) groups is 1. The van der Waals surface area contributed by atoms with Crippen LogP contribution in [0.15, 0.2) is 47.5 Å². The second kappa shape index (κ2) is 5.76. The first kappa shape index (κ1) is 16.9. The average Bonchev–Trinajstić information content (AvgIpc) is 2.50. The quantitative estimate of drug-likeness (QED) is 0.762. The molecule has 6 heteroatoms. The van der Waals surface area contributed by atoms with Crippen LogP contribution in [-0.4, -0.2) is 24.5 Å². The third kappa shape index (κ3) is 3.04. The van der Waals surface area contributed by atoms with Gasteiger partial charge >= 0.3 is 6.18 Å². The van der Waals surface area contributed by atoms with E-state index >= 15 is 0 Å². The Labute approximate surface area is 150 Å². The van der Waals surface area contributed by atoms with Crippen molar-refractivity contribution in [1.29, 1.82) is 0 Å². The van der Waals surface area contributed by atoms with Gasteiger partial charge in [-0.15, -0.1) is 0 Å². The third-order valence-electron chi connectivity index (χ3n) is 4.65. The Morgan fingerprint density at radius 1 is 1.08 bits per heavy atom. The van der Waals surface area contributed by atoms with Gasteiger partial charge in [0.15, 0.2) is 5.72 Å². The van der Waals surface area contributed by atoms with E-state index in [1.54, 1.807) is 13.8 Å². The van der Waals surface area contributed by atoms with Crippen molar-refractivity contribution in [2.45, 2.75) is 32.2 Å². The molecule has 2 aliphatic heterocycles. The van der Waals surface area contributed by atoms with Crippen molar-refractivity contribution in [2.24, 2.45) is 4.99 Å². The Hall–Kier alpha value is -2.50. The zero-order valence-corrected chi connectivity index (χ0v) is 14.6. The summed E-state index contributed by atoms with van der Waals surface area (Å²) in [6.07, 6.45) is -3.23. The zero-order valence-electron chi connectivity index (χ0n) is 14.6. The highest BCUT2D eigenvalue weighted by molar-refractivity contribution is 6.15. The average molecular weight is 360 g/mol. The lowest BCUT2D eigenvalue weighted by atomic mass is 9.96. The molecular formula is C20H19F3N2O. The summed E-state index contributed by atoms with van der Waals surface area (Å²) in [5, 5.41) is 0. The molecule has 3 nitrogen and oxygen atoms in total. The maximum Gasteiger partial charge on any atom is 0.416 e. The number of hydrogen-bond donors (Lipinski definition) is 0. The topological polar surface area (TPSA) is 24.8 Å². The lowest BCUT2D eigenvalue weighted by molar-refractivity contribution is -0.137. The Bertz CT molecular complexity index is 883. The Kier molecular flexibility index (Phi) is 3.75. The van der Waals surface area contributed by atoms with E-state index < -0.39 is 17.5 Å². The number of anilines is 1. The molecule has 136 valence electrons. The summed E-state index contributed by atoms with van der Waals surface area (Å²) in [4.78, 5) is 6.92. The summed E-state index contributed by atoms with van der Waals surface area (Å²) in [5.41, 5.74) is 1.58. The van der Waals surface area contributed by atoms with Crippen LogP contribution >= 0.6 is 0 Å². The first-order valence-electron chi connectivity index (χ1n) is 8.59. The van der Waals surface area contributed by atoms with Gasteiger partial charge in [-0.25, -0.2) is 4.99 Å². The van der Waals surface area contributed by atoms with E-state index in [1.807, 2.05) is 24.3 Å². The van der Waals surface area contributed by atoms with E-state index in [0.29, 0.717) is 11.3 Å². The molecule has 4 rings (SSSR count). The van der Waals surface area contributed by atoms with E-state index in [9.17, 15) is 13.2 Å². The van der Waals surface area contributed by atoms with Crippen LogP contribution in [-0.2, 0) is 6.18 Å². The van der Waals surface area contributed by atoms with Gasteiger partial charge in [-0.3, -0.25) is 0 Å². The number of fused-ring (bicyclic) bond motifs is 1. The maximum atomic E-state index is 13.1. The molecule has 0 unspecified atom stereocenters. The Balaban J connectivity index is 1.80. The Morgan fingerprint density at radius 2 is 1.85 bits per heavy atom. The highest BCUT2D eigenvalue weighted by atomic mass is 19.4. The van der Waals surface area contributed by atoms with Crippen molar-refractivity contribution in [3.8, 4) is 5.75 Å². The predicted molar refractivity (Wildman–Crippen MR) is 95.1 cm³/mol. The van der Waals surface area contributed by atoms with Crippen molar-refractivity contribution < 1.29 is 17.9 Å². The minimum atomic E-state index is -4.41. The first-order chi connectivity index (χ1) is 12.2. The molecule has 2 aromatic carbocycles. The van der Waals surface area contributed by atoms with Crippen molar-refractivity contribution in [2.75, 3.05) is 18.0 Å². The van der Waals surface area contributed by atoms with Crippen molar-refractivity contribution in [3.63, 3.8) is 0 Å². The Morgan fingerprint density at radius 3 is 2.50 bits per heavy atom. The van der Waals surface area contributed by atoms with Crippen LogP contribution < -0.4 is 9.64 Å². The number of hydrogen-bond acceptors (Lipinski definition) is 3. The fourth-order valence-electron chi connectivity index (χ4n) is 3.24. The lowest BCUT2D eigenvalue weighted by Gasteiger charge is -2.34. The summed E-state index contributed by atoms with van der Waals surface area (Å²) >= 11 is 0. The van der Waals surface area contributed by atoms with Gasteiger partial charge in [0.05, 0.1) is 11.3 Å². The monoisotopic (exact) mass is 360 g/mol. The van der Waals surface area contributed by atoms with Gasteiger partial charge in [0.1, 0.15) is 5.75 Å². The van der Waals surface area contributed by atoms with Gasteiger partial charge in [0, 0.05) is 29.9 Å². The molecule has 0 atom stereocenters. The second-order valence-corrected chi connectivity index (χ2v) is 7.11. The number of halogens is 3. The van der Waals surface area contributed by atoms with E-state index in [0.717, 1.165) is 36.5 Å².